The van der Waals surface area contributed by atoms with Crippen molar-refractivity contribution in [2.75, 3.05) is 7.11 Å². The first-order chi connectivity index (χ1) is 13.5. The molecule has 0 aromatic carbocycles. The van der Waals surface area contributed by atoms with Gasteiger partial charge in [0.2, 0.25) is 0 Å². The number of aliphatic hydroxyl groups is 2. The highest BCUT2D eigenvalue weighted by molar-refractivity contribution is 5.76. The van der Waals surface area contributed by atoms with Crippen molar-refractivity contribution < 1.29 is 19.7 Å². The molecule has 8 atom stereocenters. The number of fused-ring (bicyclic) bond motifs is 3. The molecule has 0 aromatic heterocycles. The molecule has 0 spiro atoms. The Morgan fingerprint density at radius 3 is 2.61 bits per heavy atom. The maximum atomic E-state index is 12.3. The number of esters is 1. The zero-order valence-corrected chi connectivity index (χ0v) is 17.4. The second kappa shape index (κ2) is 8.45. The monoisotopic (exact) mass is 391 g/mol. The van der Waals surface area contributed by atoms with E-state index in [9.17, 15) is 15.0 Å². The molecular weight excluding hydrogens is 354 g/mol. The van der Waals surface area contributed by atoms with Crippen molar-refractivity contribution in [3.8, 4) is 0 Å². The molecule has 5 nitrogen and oxygen atoms in total. The average Bonchev–Trinajstić information content (AvgIpc) is 3.41. The fourth-order valence-electron chi connectivity index (χ4n) is 6.76. The highest BCUT2D eigenvalue weighted by atomic mass is 16.5. The topological polar surface area (TPSA) is 70.0 Å². The van der Waals surface area contributed by atoms with Crippen LogP contribution in [-0.2, 0) is 9.53 Å². The Balaban J connectivity index is 1.44. The van der Waals surface area contributed by atoms with Crippen LogP contribution >= 0.6 is 0 Å². The van der Waals surface area contributed by atoms with E-state index in [0.717, 1.165) is 32.1 Å². The molecule has 28 heavy (non-hydrogen) atoms. The molecule has 5 heteroatoms. The van der Waals surface area contributed by atoms with Crippen molar-refractivity contribution in [1.29, 1.82) is 0 Å². The molecule has 2 aliphatic carbocycles. The van der Waals surface area contributed by atoms with Gasteiger partial charge in [-0.15, -0.1) is 0 Å². The summed E-state index contributed by atoms with van der Waals surface area (Å²) in [6.07, 6.45) is 13.1. The third kappa shape index (κ3) is 3.66. The van der Waals surface area contributed by atoms with Crippen molar-refractivity contribution in [3.05, 3.63) is 12.2 Å². The highest BCUT2D eigenvalue weighted by Crippen LogP contribution is 2.49. The van der Waals surface area contributed by atoms with Gasteiger partial charge in [0.15, 0.2) is 0 Å². The molecule has 3 unspecified atom stereocenters. The fourth-order valence-corrected chi connectivity index (χ4v) is 6.76. The van der Waals surface area contributed by atoms with Crippen molar-refractivity contribution in [1.82, 2.24) is 4.90 Å². The highest BCUT2D eigenvalue weighted by Gasteiger charge is 2.55. The molecule has 2 saturated heterocycles. The summed E-state index contributed by atoms with van der Waals surface area (Å²) < 4.78 is 5.06. The lowest BCUT2D eigenvalue weighted by Gasteiger charge is -2.39. The van der Waals surface area contributed by atoms with Crippen LogP contribution in [0.15, 0.2) is 12.2 Å². The van der Waals surface area contributed by atoms with E-state index in [2.05, 4.69) is 17.9 Å². The van der Waals surface area contributed by atoms with Gasteiger partial charge in [-0.3, -0.25) is 9.69 Å². The summed E-state index contributed by atoms with van der Waals surface area (Å²) in [7, 11) is 1.47. The van der Waals surface area contributed by atoms with Crippen LogP contribution in [-0.4, -0.2) is 58.5 Å². The molecule has 0 bridgehead atoms. The molecule has 4 rings (SSSR count). The van der Waals surface area contributed by atoms with Crippen molar-refractivity contribution >= 4 is 5.97 Å². The fraction of sp³-hybridized carbons (Fsp3) is 0.870. The Labute approximate surface area is 169 Å². The van der Waals surface area contributed by atoms with Gasteiger partial charge in [0.1, 0.15) is 6.04 Å². The Morgan fingerprint density at radius 1 is 1.14 bits per heavy atom. The van der Waals surface area contributed by atoms with Gasteiger partial charge in [0.05, 0.1) is 19.3 Å². The first kappa shape index (κ1) is 20.4. The van der Waals surface area contributed by atoms with Gasteiger partial charge in [-0.1, -0.05) is 44.8 Å². The number of aliphatic hydroxyl groups excluding tert-OH is 2. The largest absolute Gasteiger partial charge is 0.468 e. The summed E-state index contributed by atoms with van der Waals surface area (Å²) in [5.74, 6) is 1.24. The predicted octanol–water partition coefficient (Wildman–Crippen LogP) is 2.90. The van der Waals surface area contributed by atoms with Gasteiger partial charge in [-0.05, 0) is 49.9 Å². The number of carbonyl (C=O) groups excluding carboxylic acids is 1. The normalized spacial score (nSPS) is 41.1. The lowest BCUT2D eigenvalue weighted by atomic mass is 9.85. The van der Waals surface area contributed by atoms with Crippen molar-refractivity contribution in [3.63, 3.8) is 0 Å². The van der Waals surface area contributed by atoms with Crippen LogP contribution in [0, 0.1) is 23.7 Å². The molecule has 4 aliphatic rings. The third-order valence-electron chi connectivity index (χ3n) is 8.33. The summed E-state index contributed by atoms with van der Waals surface area (Å²) in [5, 5.41) is 21.4. The van der Waals surface area contributed by atoms with Crippen LogP contribution < -0.4 is 0 Å². The van der Waals surface area contributed by atoms with Crippen LogP contribution in [0.3, 0.4) is 0 Å². The van der Waals surface area contributed by atoms with Gasteiger partial charge in [0.25, 0.3) is 0 Å². The van der Waals surface area contributed by atoms with E-state index in [1.807, 2.05) is 6.08 Å². The van der Waals surface area contributed by atoms with Crippen LogP contribution in [0.4, 0.5) is 0 Å². The number of methoxy groups -OCH3 is 1. The number of piperidine rings is 1. The minimum atomic E-state index is -0.429. The first-order valence-electron chi connectivity index (χ1n) is 11.4. The maximum absolute atomic E-state index is 12.3. The van der Waals surface area contributed by atoms with E-state index in [0.29, 0.717) is 17.9 Å². The molecule has 0 radical (unpaired) electrons. The number of hydrogen-bond donors (Lipinski definition) is 2. The zero-order chi connectivity index (χ0) is 19.8. The number of ether oxygens (including phenoxy) is 1. The van der Waals surface area contributed by atoms with Gasteiger partial charge in [-0.25, -0.2) is 0 Å². The summed E-state index contributed by atoms with van der Waals surface area (Å²) in [6, 6.07) is 0.531. The number of carbonyl (C=O) groups is 1. The van der Waals surface area contributed by atoms with E-state index >= 15 is 0 Å². The third-order valence-corrected chi connectivity index (χ3v) is 8.33. The molecule has 2 saturated carbocycles. The standard InChI is InChI=1S/C23H37NO4/c1-14(15-6-3-4-7-15)21(25)11-10-17-18-12-16-8-5-9-19(23(27)28-2)24(16)20(18)13-22(17)26/h10-11,14-22,25-26H,3-9,12-13H2,1-2H3/t14?,16?,17-,18-,19?,20-,21+,22-/m1/s1. The molecular formula is C23H37NO4. The number of nitrogens with zero attached hydrogens (tertiary/aromatic N) is 1. The first-order valence-corrected chi connectivity index (χ1v) is 11.4. The van der Waals surface area contributed by atoms with Gasteiger partial charge >= 0.3 is 5.97 Å². The Hall–Kier alpha value is -0.910. The van der Waals surface area contributed by atoms with E-state index in [4.69, 9.17) is 4.74 Å². The lowest BCUT2D eigenvalue weighted by Crippen LogP contribution is -2.51. The minimum Gasteiger partial charge on any atom is -0.468 e. The summed E-state index contributed by atoms with van der Waals surface area (Å²) in [4.78, 5) is 14.7. The summed E-state index contributed by atoms with van der Waals surface area (Å²) >= 11 is 0. The second-order valence-corrected chi connectivity index (χ2v) is 9.70. The molecule has 4 fully saturated rings. The Morgan fingerprint density at radius 2 is 1.89 bits per heavy atom. The van der Waals surface area contributed by atoms with E-state index in [1.54, 1.807) is 0 Å². The van der Waals surface area contributed by atoms with Gasteiger partial charge in [-0.2, -0.15) is 0 Å². The van der Waals surface area contributed by atoms with Gasteiger partial charge in [0, 0.05) is 18.0 Å². The zero-order valence-electron chi connectivity index (χ0n) is 17.4. The molecule has 2 aliphatic heterocycles. The number of hydrogen-bond acceptors (Lipinski definition) is 5. The molecule has 2 N–H and O–H groups in total. The van der Waals surface area contributed by atoms with Gasteiger partial charge < -0.3 is 14.9 Å². The van der Waals surface area contributed by atoms with Crippen molar-refractivity contribution in [2.24, 2.45) is 23.7 Å². The molecule has 0 aromatic rings. The van der Waals surface area contributed by atoms with Crippen LogP contribution in [0.1, 0.15) is 64.7 Å². The lowest BCUT2D eigenvalue weighted by molar-refractivity contribution is -0.150. The minimum absolute atomic E-state index is 0.0827. The number of rotatable bonds is 5. The predicted molar refractivity (Wildman–Crippen MR) is 108 cm³/mol. The van der Waals surface area contributed by atoms with E-state index in [-0.39, 0.29) is 36.0 Å². The Bertz CT molecular complexity index is 587. The Kier molecular flexibility index (Phi) is 6.15. The molecule has 0 amide bonds. The van der Waals surface area contributed by atoms with E-state index < -0.39 is 6.10 Å². The molecule has 158 valence electrons. The SMILES string of the molecule is COC(=O)C1CCCC2C[C@@H]3[C@@H](C=C[C@H](O)C(C)C4CCCC4)[C@H](O)C[C@H]3N21. The van der Waals surface area contributed by atoms with Crippen LogP contribution in [0.25, 0.3) is 0 Å². The van der Waals surface area contributed by atoms with E-state index in [1.165, 1.54) is 32.8 Å². The smallest absolute Gasteiger partial charge is 0.323 e. The maximum Gasteiger partial charge on any atom is 0.323 e. The molecule has 2 heterocycles. The van der Waals surface area contributed by atoms with Crippen molar-refractivity contribution in [2.45, 2.75) is 95.0 Å². The summed E-state index contributed by atoms with van der Waals surface area (Å²) in [6.45, 7) is 2.16. The quantitative estimate of drug-likeness (QED) is 0.557. The average molecular weight is 392 g/mol. The summed E-state index contributed by atoms with van der Waals surface area (Å²) in [5.41, 5.74) is 0. The second-order valence-electron chi connectivity index (χ2n) is 9.70. The van der Waals surface area contributed by atoms with Crippen LogP contribution in [0.5, 0.6) is 0 Å². The van der Waals surface area contributed by atoms with Crippen LogP contribution in [0.2, 0.25) is 0 Å².